The molecule has 42 heavy (non-hydrogen) atoms. The third kappa shape index (κ3) is 39.5. The van der Waals surface area contributed by atoms with Crippen LogP contribution >= 0.6 is 0 Å². The Morgan fingerprint density at radius 3 is 0.857 bits per heavy atom. The van der Waals surface area contributed by atoms with E-state index < -0.39 is 10.4 Å². The molecular formula is C36H73KO4S. The SMILES string of the molecule is CCCCCCCCCCCCCCCCCCC(CCCCCCCCCCCCCCCC)COS(=O)(=O)[O-].[K+]. The number of hydrogen-bond donors (Lipinski definition) is 0. The molecule has 1 atom stereocenters. The second-order valence-electron chi connectivity index (χ2n) is 13.0. The van der Waals surface area contributed by atoms with E-state index in [1.807, 2.05) is 0 Å². The first kappa shape index (κ1) is 45.6. The van der Waals surface area contributed by atoms with Crippen molar-refractivity contribution in [2.45, 2.75) is 219 Å². The van der Waals surface area contributed by atoms with E-state index in [2.05, 4.69) is 18.0 Å². The maximum absolute atomic E-state index is 11.0. The Balaban J connectivity index is 0. The van der Waals surface area contributed by atoms with E-state index in [-0.39, 0.29) is 63.9 Å². The van der Waals surface area contributed by atoms with Gasteiger partial charge in [-0.3, -0.25) is 4.18 Å². The van der Waals surface area contributed by atoms with Crippen LogP contribution in [0.25, 0.3) is 0 Å². The molecule has 0 N–H and O–H groups in total. The van der Waals surface area contributed by atoms with Crippen molar-refractivity contribution in [3.8, 4) is 0 Å². The third-order valence-corrected chi connectivity index (χ3v) is 9.30. The van der Waals surface area contributed by atoms with E-state index >= 15 is 0 Å². The summed E-state index contributed by atoms with van der Waals surface area (Å²) in [6, 6.07) is 0. The number of rotatable bonds is 35. The first-order chi connectivity index (χ1) is 20.0. The van der Waals surface area contributed by atoms with Gasteiger partial charge in [-0.25, -0.2) is 8.42 Å². The molecule has 0 aromatic rings. The normalized spacial score (nSPS) is 12.5. The fourth-order valence-corrected chi connectivity index (χ4v) is 6.46. The Bertz CT molecular complexity index is 599. The van der Waals surface area contributed by atoms with Crippen LogP contribution in [0.5, 0.6) is 0 Å². The molecule has 248 valence electrons. The molecule has 0 fully saturated rings. The summed E-state index contributed by atoms with van der Waals surface area (Å²) in [5, 5.41) is 0. The molecule has 0 aliphatic rings. The molecule has 4 nitrogen and oxygen atoms in total. The summed E-state index contributed by atoms with van der Waals surface area (Å²) >= 11 is 0. The monoisotopic (exact) mass is 640 g/mol. The Morgan fingerprint density at radius 2 is 0.643 bits per heavy atom. The summed E-state index contributed by atoms with van der Waals surface area (Å²) in [5.41, 5.74) is 0. The molecule has 0 aliphatic heterocycles. The van der Waals surface area contributed by atoms with Gasteiger partial charge in [-0.15, -0.1) is 0 Å². The van der Waals surface area contributed by atoms with E-state index in [4.69, 9.17) is 0 Å². The Morgan fingerprint density at radius 1 is 0.429 bits per heavy atom. The van der Waals surface area contributed by atoms with Gasteiger partial charge in [0.2, 0.25) is 10.4 Å². The van der Waals surface area contributed by atoms with E-state index in [9.17, 15) is 13.0 Å². The van der Waals surface area contributed by atoms with E-state index in [0.29, 0.717) is 0 Å². The van der Waals surface area contributed by atoms with Crippen molar-refractivity contribution in [3.05, 3.63) is 0 Å². The van der Waals surface area contributed by atoms with Crippen molar-refractivity contribution in [2.75, 3.05) is 6.61 Å². The van der Waals surface area contributed by atoms with Crippen LogP contribution in [-0.2, 0) is 14.6 Å². The first-order valence-electron chi connectivity index (χ1n) is 18.6. The molecule has 0 radical (unpaired) electrons. The molecule has 0 saturated carbocycles. The van der Waals surface area contributed by atoms with E-state index in [1.54, 1.807) is 0 Å². The van der Waals surface area contributed by atoms with Crippen LogP contribution in [0.3, 0.4) is 0 Å². The molecule has 1 unspecified atom stereocenters. The van der Waals surface area contributed by atoms with Crippen LogP contribution in [0.15, 0.2) is 0 Å². The van der Waals surface area contributed by atoms with Crippen LogP contribution in [0.1, 0.15) is 219 Å². The van der Waals surface area contributed by atoms with E-state index in [1.165, 1.54) is 180 Å². The van der Waals surface area contributed by atoms with Gasteiger partial charge in [0.25, 0.3) is 0 Å². The second kappa shape index (κ2) is 37.0. The first-order valence-corrected chi connectivity index (χ1v) is 19.9. The van der Waals surface area contributed by atoms with Gasteiger partial charge in [-0.05, 0) is 18.8 Å². The van der Waals surface area contributed by atoms with Crippen molar-refractivity contribution in [1.82, 2.24) is 0 Å². The summed E-state index contributed by atoms with van der Waals surface area (Å²) in [5.74, 6) is 0.197. The van der Waals surface area contributed by atoms with Gasteiger partial charge in [0.1, 0.15) is 0 Å². The minimum Gasteiger partial charge on any atom is -0.726 e. The maximum atomic E-state index is 11.0. The molecule has 0 bridgehead atoms. The smallest absolute Gasteiger partial charge is 0.726 e. The summed E-state index contributed by atoms with van der Waals surface area (Å²) in [6.07, 6.45) is 42.4. The molecule has 0 amide bonds. The van der Waals surface area contributed by atoms with Crippen molar-refractivity contribution in [3.63, 3.8) is 0 Å². The zero-order valence-corrected chi connectivity index (χ0v) is 32.9. The maximum Gasteiger partial charge on any atom is 1.00 e. The van der Waals surface area contributed by atoms with Crippen LogP contribution in [-0.4, -0.2) is 19.6 Å². The summed E-state index contributed by atoms with van der Waals surface area (Å²) in [4.78, 5) is 0. The van der Waals surface area contributed by atoms with Crippen LogP contribution in [0.4, 0.5) is 0 Å². The second-order valence-corrected chi connectivity index (χ2v) is 14.1. The average Bonchev–Trinajstić information content (AvgIpc) is 2.94. The quantitative estimate of drug-likeness (QED) is 0.0299. The van der Waals surface area contributed by atoms with Gasteiger partial charge in [0.05, 0.1) is 6.61 Å². The third-order valence-electron chi connectivity index (χ3n) is 8.88. The minimum absolute atomic E-state index is 0. The Kier molecular flexibility index (Phi) is 40.2. The van der Waals surface area contributed by atoms with Crippen LogP contribution in [0, 0.1) is 5.92 Å². The minimum atomic E-state index is -4.59. The summed E-state index contributed by atoms with van der Waals surface area (Å²) < 4.78 is 37.6. The van der Waals surface area contributed by atoms with Crippen molar-refractivity contribution in [1.29, 1.82) is 0 Å². The molecule has 0 aliphatic carbocycles. The number of unbranched alkanes of at least 4 members (excludes halogenated alkanes) is 28. The largest absolute Gasteiger partial charge is 1.00 e. The Labute approximate surface area is 307 Å². The molecule has 0 spiro atoms. The predicted molar refractivity (Wildman–Crippen MR) is 178 cm³/mol. The van der Waals surface area contributed by atoms with Gasteiger partial charge < -0.3 is 4.55 Å². The van der Waals surface area contributed by atoms with Gasteiger partial charge in [-0.2, -0.15) is 0 Å². The van der Waals surface area contributed by atoms with Crippen molar-refractivity contribution < 1.29 is 68.5 Å². The predicted octanol–water partition coefficient (Wildman–Crippen LogP) is 9.61. The topological polar surface area (TPSA) is 66.4 Å². The fraction of sp³-hybridized carbons (Fsp3) is 1.00. The molecule has 0 saturated heterocycles. The molecule has 6 heteroatoms. The average molecular weight is 641 g/mol. The summed E-state index contributed by atoms with van der Waals surface area (Å²) in [6.45, 7) is 4.63. The van der Waals surface area contributed by atoms with Gasteiger partial charge >= 0.3 is 51.4 Å². The fourth-order valence-electron chi connectivity index (χ4n) is 6.10. The Hall–Kier alpha value is 1.51. The zero-order chi connectivity index (χ0) is 30.1. The molecule has 0 aromatic heterocycles. The molecule has 0 rings (SSSR count). The van der Waals surface area contributed by atoms with Gasteiger partial charge in [-0.1, -0.05) is 206 Å². The number of hydrogen-bond acceptors (Lipinski definition) is 4. The molecular weight excluding hydrogens is 568 g/mol. The van der Waals surface area contributed by atoms with E-state index in [0.717, 1.165) is 25.7 Å². The van der Waals surface area contributed by atoms with Crippen molar-refractivity contribution in [2.24, 2.45) is 5.92 Å². The summed E-state index contributed by atoms with van der Waals surface area (Å²) in [7, 11) is -4.59. The standard InChI is InChI=1S/C36H74O4S.K/c1-3-5-7-9-11-13-15-17-19-20-22-24-26-28-30-32-34-36(35-40-41(37,38)39)33-31-29-27-25-23-21-18-16-14-12-10-8-6-4-2;/h36H,3-35H2,1-2H3,(H,37,38,39);/q;+1/p-1. The zero-order valence-electron chi connectivity index (χ0n) is 29.0. The van der Waals surface area contributed by atoms with Gasteiger partial charge in [0.15, 0.2) is 0 Å². The van der Waals surface area contributed by atoms with Crippen LogP contribution in [0.2, 0.25) is 0 Å². The van der Waals surface area contributed by atoms with Crippen molar-refractivity contribution >= 4 is 10.4 Å². The van der Waals surface area contributed by atoms with Gasteiger partial charge in [0, 0.05) is 0 Å². The van der Waals surface area contributed by atoms with Crippen LogP contribution < -0.4 is 51.4 Å². The molecule has 0 aromatic carbocycles. The molecule has 0 heterocycles.